The molecule has 0 unspecified atom stereocenters. The summed E-state index contributed by atoms with van der Waals surface area (Å²) in [5.74, 6) is -0.734. The Labute approximate surface area is 92.8 Å². The Morgan fingerprint density at radius 3 is 2.80 bits per heavy atom. The van der Waals surface area contributed by atoms with Crippen LogP contribution < -0.4 is 0 Å². The van der Waals surface area contributed by atoms with Gasteiger partial charge in [-0.25, -0.2) is 0 Å². The van der Waals surface area contributed by atoms with Crippen LogP contribution in [-0.2, 0) is 11.3 Å². The second-order valence-electron chi connectivity index (χ2n) is 4.33. The summed E-state index contributed by atoms with van der Waals surface area (Å²) in [6.45, 7) is 2.50. The van der Waals surface area contributed by atoms with Crippen LogP contribution in [0, 0.1) is 12.3 Å². The quantitative estimate of drug-likeness (QED) is 0.859. The molecular weight excluding hydrogens is 216 g/mol. The van der Waals surface area contributed by atoms with E-state index in [9.17, 15) is 4.79 Å². The van der Waals surface area contributed by atoms with E-state index in [1.807, 2.05) is 6.92 Å². The lowest BCUT2D eigenvalue weighted by Gasteiger charge is -2.11. The SMILES string of the molecule is Cc1nn(CC2(CC(=O)O)CC2)cc1Cl. The number of halogens is 1. The van der Waals surface area contributed by atoms with Crippen LogP contribution in [0.15, 0.2) is 6.20 Å². The second kappa shape index (κ2) is 3.52. The van der Waals surface area contributed by atoms with E-state index in [-0.39, 0.29) is 11.8 Å². The van der Waals surface area contributed by atoms with Crippen molar-refractivity contribution in [1.82, 2.24) is 9.78 Å². The number of aliphatic carboxylic acids is 1. The van der Waals surface area contributed by atoms with E-state index >= 15 is 0 Å². The zero-order valence-corrected chi connectivity index (χ0v) is 9.29. The minimum atomic E-state index is -0.734. The summed E-state index contributed by atoms with van der Waals surface area (Å²) in [6, 6.07) is 0. The van der Waals surface area contributed by atoms with Crippen LogP contribution >= 0.6 is 11.6 Å². The summed E-state index contributed by atoms with van der Waals surface area (Å²) in [4.78, 5) is 10.7. The van der Waals surface area contributed by atoms with Crippen LogP contribution in [0.1, 0.15) is 25.0 Å². The van der Waals surface area contributed by atoms with E-state index in [0.29, 0.717) is 11.6 Å². The molecule has 1 aliphatic rings. The molecular formula is C10H13ClN2O2. The Morgan fingerprint density at radius 2 is 2.40 bits per heavy atom. The van der Waals surface area contributed by atoms with Crippen molar-refractivity contribution in [2.75, 3.05) is 0 Å². The van der Waals surface area contributed by atoms with Gasteiger partial charge in [-0.3, -0.25) is 9.48 Å². The predicted molar refractivity (Wildman–Crippen MR) is 55.9 cm³/mol. The highest BCUT2D eigenvalue weighted by molar-refractivity contribution is 6.31. The van der Waals surface area contributed by atoms with Gasteiger partial charge >= 0.3 is 5.97 Å². The Morgan fingerprint density at radius 1 is 1.73 bits per heavy atom. The van der Waals surface area contributed by atoms with Gasteiger partial charge in [-0.15, -0.1) is 0 Å². The fourth-order valence-corrected chi connectivity index (χ4v) is 1.96. The lowest BCUT2D eigenvalue weighted by Crippen LogP contribution is -2.16. The third-order valence-electron chi connectivity index (χ3n) is 2.87. The number of carboxylic acid groups (broad SMARTS) is 1. The third kappa shape index (κ3) is 2.31. The fourth-order valence-electron chi connectivity index (χ4n) is 1.81. The minimum Gasteiger partial charge on any atom is -0.481 e. The molecule has 0 aliphatic heterocycles. The molecule has 1 heterocycles. The van der Waals surface area contributed by atoms with Gasteiger partial charge in [0.25, 0.3) is 0 Å². The minimum absolute atomic E-state index is 0.0758. The Balaban J connectivity index is 2.05. The molecule has 1 fully saturated rings. The third-order valence-corrected chi connectivity index (χ3v) is 3.24. The molecule has 0 amide bonds. The Bertz CT molecular complexity index is 377. The van der Waals surface area contributed by atoms with Crippen LogP contribution in [0.25, 0.3) is 0 Å². The first-order valence-electron chi connectivity index (χ1n) is 4.92. The molecule has 0 spiro atoms. The van der Waals surface area contributed by atoms with Crippen molar-refractivity contribution in [3.63, 3.8) is 0 Å². The van der Waals surface area contributed by atoms with E-state index < -0.39 is 5.97 Å². The molecule has 0 bridgehead atoms. The average molecular weight is 229 g/mol. The summed E-state index contributed by atoms with van der Waals surface area (Å²) in [5, 5.41) is 13.6. The highest BCUT2D eigenvalue weighted by Gasteiger charge is 2.45. The van der Waals surface area contributed by atoms with Crippen LogP contribution in [0.4, 0.5) is 0 Å². The summed E-state index contributed by atoms with van der Waals surface area (Å²) < 4.78 is 1.76. The number of carboxylic acids is 1. The van der Waals surface area contributed by atoms with Crippen LogP contribution in [-0.4, -0.2) is 20.9 Å². The molecule has 15 heavy (non-hydrogen) atoms. The number of aryl methyl sites for hydroxylation is 1. The zero-order chi connectivity index (χ0) is 11.1. The number of nitrogens with zero attached hydrogens (tertiary/aromatic N) is 2. The summed E-state index contributed by atoms with van der Waals surface area (Å²) >= 11 is 5.88. The lowest BCUT2D eigenvalue weighted by atomic mass is 10.0. The first-order valence-corrected chi connectivity index (χ1v) is 5.30. The zero-order valence-electron chi connectivity index (χ0n) is 8.53. The van der Waals surface area contributed by atoms with Gasteiger partial charge in [-0.1, -0.05) is 11.6 Å². The van der Waals surface area contributed by atoms with Crippen molar-refractivity contribution in [1.29, 1.82) is 0 Å². The first-order chi connectivity index (χ1) is 7.01. The maximum Gasteiger partial charge on any atom is 0.303 e. The van der Waals surface area contributed by atoms with Gasteiger partial charge in [0.2, 0.25) is 0 Å². The maximum atomic E-state index is 10.7. The van der Waals surface area contributed by atoms with Crippen molar-refractivity contribution < 1.29 is 9.90 Å². The maximum absolute atomic E-state index is 10.7. The molecule has 0 saturated heterocycles. The summed E-state index contributed by atoms with van der Waals surface area (Å²) in [6.07, 6.45) is 3.92. The summed E-state index contributed by atoms with van der Waals surface area (Å²) in [7, 11) is 0. The van der Waals surface area contributed by atoms with Gasteiger partial charge in [0, 0.05) is 18.2 Å². The van der Waals surface area contributed by atoms with Crippen LogP contribution in [0.5, 0.6) is 0 Å². The number of hydrogen-bond acceptors (Lipinski definition) is 2. The normalized spacial score (nSPS) is 17.7. The average Bonchev–Trinajstić information content (AvgIpc) is 2.75. The van der Waals surface area contributed by atoms with Gasteiger partial charge < -0.3 is 5.11 Å². The van der Waals surface area contributed by atoms with Crippen LogP contribution in [0.3, 0.4) is 0 Å². The van der Waals surface area contributed by atoms with Gasteiger partial charge in [-0.05, 0) is 19.8 Å². The van der Waals surface area contributed by atoms with Gasteiger partial charge in [0.05, 0.1) is 17.1 Å². The number of rotatable bonds is 4. The lowest BCUT2D eigenvalue weighted by molar-refractivity contribution is -0.138. The molecule has 0 radical (unpaired) electrons. The molecule has 1 N–H and O–H groups in total. The number of aromatic nitrogens is 2. The molecule has 0 aromatic carbocycles. The van der Waals surface area contributed by atoms with Crippen molar-refractivity contribution in [2.45, 2.75) is 32.7 Å². The molecule has 1 aromatic heterocycles. The smallest absolute Gasteiger partial charge is 0.303 e. The van der Waals surface area contributed by atoms with Crippen molar-refractivity contribution in [3.8, 4) is 0 Å². The summed E-state index contributed by atoms with van der Waals surface area (Å²) in [5.41, 5.74) is 0.718. The van der Waals surface area contributed by atoms with Gasteiger partial charge in [-0.2, -0.15) is 5.10 Å². The van der Waals surface area contributed by atoms with Gasteiger partial charge in [0.1, 0.15) is 0 Å². The highest BCUT2D eigenvalue weighted by Crippen LogP contribution is 2.50. The van der Waals surface area contributed by atoms with E-state index in [2.05, 4.69) is 5.10 Å². The van der Waals surface area contributed by atoms with Crippen molar-refractivity contribution in [2.24, 2.45) is 5.41 Å². The van der Waals surface area contributed by atoms with E-state index in [1.54, 1.807) is 10.9 Å². The predicted octanol–water partition coefficient (Wildman–Crippen LogP) is 2.10. The second-order valence-corrected chi connectivity index (χ2v) is 4.74. The van der Waals surface area contributed by atoms with Crippen LogP contribution in [0.2, 0.25) is 5.02 Å². The van der Waals surface area contributed by atoms with Crippen molar-refractivity contribution in [3.05, 3.63) is 16.9 Å². The van der Waals surface area contributed by atoms with Crippen molar-refractivity contribution >= 4 is 17.6 Å². The molecule has 2 rings (SSSR count). The standard InChI is InChI=1S/C10H13ClN2O2/c1-7-8(11)5-13(12-7)6-10(2-3-10)4-9(14)15/h5H,2-4,6H2,1H3,(H,14,15). The number of hydrogen-bond donors (Lipinski definition) is 1. The molecule has 1 saturated carbocycles. The van der Waals surface area contributed by atoms with E-state index in [4.69, 9.17) is 16.7 Å². The van der Waals surface area contributed by atoms with E-state index in [0.717, 1.165) is 18.5 Å². The topological polar surface area (TPSA) is 55.1 Å². The highest BCUT2D eigenvalue weighted by atomic mass is 35.5. The Hall–Kier alpha value is -1.03. The largest absolute Gasteiger partial charge is 0.481 e. The Kier molecular flexibility index (Phi) is 2.46. The molecule has 82 valence electrons. The molecule has 5 heteroatoms. The van der Waals surface area contributed by atoms with E-state index in [1.165, 1.54) is 0 Å². The molecule has 1 aliphatic carbocycles. The first kappa shape index (κ1) is 10.5. The van der Waals surface area contributed by atoms with Gasteiger partial charge in [0.15, 0.2) is 0 Å². The molecule has 4 nitrogen and oxygen atoms in total. The molecule has 0 atom stereocenters. The number of carbonyl (C=O) groups is 1. The fraction of sp³-hybridized carbons (Fsp3) is 0.600. The molecule has 1 aromatic rings. The monoisotopic (exact) mass is 228 g/mol.